The molecule has 1 heterocycles. The number of hydrogen-bond donors (Lipinski definition) is 2. The van der Waals surface area contributed by atoms with Gasteiger partial charge in [-0.1, -0.05) is 60.7 Å². The van der Waals surface area contributed by atoms with Crippen molar-refractivity contribution in [3.63, 3.8) is 0 Å². The van der Waals surface area contributed by atoms with Gasteiger partial charge in [-0.3, -0.25) is 4.79 Å². The summed E-state index contributed by atoms with van der Waals surface area (Å²) >= 11 is 0. The van der Waals surface area contributed by atoms with Crippen molar-refractivity contribution < 1.29 is 15.0 Å². The van der Waals surface area contributed by atoms with E-state index in [1.54, 1.807) is 4.57 Å². The normalized spacial score (nSPS) is 10.8. The number of aryl methyl sites for hydroxylation is 1. The zero-order valence-corrected chi connectivity index (χ0v) is 14.1. The molecule has 0 unspecified atom stereocenters. The summed E-state index contributed by atoms with van der Waals surface area (Å²) in [7, 11) is 0. The Bertz CT molecular complexity index is 909. The number of carboxylic acids is 1. The summed E-state index contributed by atoms with van der Waals surface area (Å²) in [5, 5.41) is 18.9. The molecule has 0 bridgehead atoms. The average molecular weight is 349 g/mol. The minimum Gasteiger partial charge on any atom is -0.503 e. The fourth-order valence-corrected chi connectivity index (χ4v) is 3.07. The van der Waals surface area contributed by atoms with Crippen LogP contribution in [0, 0.1) is 0 Å². The van der Waals surface area contributed by atoms with Gasteiger partial charge >= 0.3 is 5.97 Å². The Morgan fingerprint density at radius 2 is 1.46 bits per heavy atom. The molecule has 0 aliphatic carbocycles. The minimum atomic E-state index is -1.35. The minimum absolute atomic E-state index is 0.118. The second kappa shape index (κ2) is 7.70. The first-order chi connectivity index (χ1) is 12.6. The van der Waals surface area contributed by atoms with Crippen LogP contribution >= 0.6 is 0 Å². The Kier molecular flexibility index (Phi) is 5.17. The van der Waals surface area contributed by atoms with Gasteiger partial charge in [0.2, 0.25) is 5.43 Å². The molecule has 5 nitrogen and oxygen atoms in total. The third kappa shape index (κ3) is 3.83. The van der Waals surface area contributed by atoms with Crippen LogP contribution in [0.25, 0.3) is 0 Å². The molecule has 3 aromatic rings. The lowest BCUT2D eigenvalue weighted by atomic mass is 9.88. The van der Waals surface area contributed by atoms with Crippen molar-refractivity contribution in [3.8, 4) is 5.75 Å². The molecule has 5 heteroatoms. The maximum absolute atomic E-state index is 11.7. The van der Waals surface area contributed by atoms with Crippen LogP contribution < -0.4 is 5.43 Å². The summed E-state index contributed by atoms with van der Waals surface area (Å²) in [6.45, 7) is 0.461. The van der Waals surface area contributed by atoms with Crippen LogP contribution in [-0.4, -0.2) is 20.7 Å². The van der Waals surface area contributed by atoms with Crippen LogP contribution in [0.4, 0.5) is 0 Å². The summed E-state index contributed by atoms with van der Waals surface area (Å²) in [4.78, 5) is 22.9. The summed E-state index contributed by atoms with van der Waals surface area (Å²) in [6.07, 6.45) is 3.24. The van der Waals surface area contributed by atoms with Crippen LogP contribution in [0.5, 0.6) is 5.75 Å². The van der Waals surface area contributed by atoms with E-state index >= 15 is 0 Å². The molecule has 3 rings (SSSR count). The molecule has 0 fully saturated rings. The maximum atomic E-state index is 11.7. The number of carbonyl (C=O) groups is 1. The third-order valence-electron chi connectivity index (χ3n) is 4.37. The van der Waals surface area contributed by atoms with Crippen molar-refractivity contribution in [2.24, 2.45) is 0 Å². The highest BCUT2D eigenvalue weighted by molar-refractivity contribution is 5.87. The molecule has 1 aromatic heterocycles. The summed E-state index contributed by atoms with van der Waals surface area (Å²) in [5.41, 5.74) is 1.02. The number of benzene rings is 2. The number of carboxylic acid groups (broad SMARTS) is 1. The van der Waals surface area contributed by atoms with Gasteiger partial charge in [0.05, 0.1) is 0 Å². The van der Waals surface area contributed by atoms with Crippen LogP contribution in [0.1, 0.15) is 33.8 Å². The topological polar surface area (TPSA) is 79.5 Å². The first-order valence-electron chi connectivity index (χ1n) is 8.32. The van der Waals surface area contributed by atoms with Crippen molar-refractivity contribution in [1.29, 1.82) is 0 Å². The van der Waals surface area contributed by atoms with Crippen molar-refractivity contribution in [1.82, 2.24) is 4.57 Å². The van der Waals surface area contributed by atoms with Gasteiger partial charge in [-0.25, -0.2) is 4.79 Å². The lowest BCUT2D eigenvalue weighted by Gasteiger charge is -2.19. The zero-order chi connectivity index (χ0) is 18.5. The van der Waals surface area contributed by atoms with Crippen molar-refractivity contribution in [2.45, 2.75) is 18.9 Å². The lowest BCUT2D eigenvalue weighted by Crippen LogP contribution is -2.18. The molecule has 0 radical (unpaired) electrons. The number of aromatic carboxylic acids is 1. The van der Waals surface area contributed by atoms with E-state index in [0.717, 1.165) is 11.1 Å². The highest BCUT2D eigenvalue weighted by atomic mass is 16.4. The molecule has 0 saturated carbocycles. The standard InChI is InChI=1S/C21H19NO4/c23-19-14-22(13-18(20(19)24)21(25)26)12-11-17(15-7-3-1-4-8-15)16-9-5-2-6-10-16/h1-10,13-14,17,23H,11-12H2,(H,25,26). The Hall–Kier alpha value is -3.34. The van der Waals surface area contributed by atoms with Gasteiger partial charge in [0.1, 0.15) is 5.56 Å². The largest absolute Gasteiger partial charge is 0.503 e. The number of aromatic nitrogens is 1. The number of nitrogens with zero attached hydrogens (tertiary/aromatic N) is 1. The first-order valence-corrected chi connectivity index (χ1v) is 8.32. The molecule has 2 N–H and O–H groups in total. The van der Waals surface area contributed by atoms with Gasteiger partial charge in [-0.2, -0.15) is 0 Å². The van der Waals surface area contributed by atoms with Crippen molar-refractivity contribution in [2.75, 3.05) is 0 Å². The summed E-state index contributed by atoms with van der Waals surface area (Å²) < 4.78 is 1.55. The monoisotopic (exact) mass is 349 g/mol. The van der Waals surface area contributed by atoms with Crippen molar-refractivity contribution in [3.05, 3.63) is 100.0 Å². The Morgan fingerprint density at radius 1 is 0.923 bits per heavy atom. The molecule has 0 saturated heterocycles. The molecule has 2 aromatic carbocycles. The predicted octanol–water partition coefficient (Wildman–Crippen LogP) is 3.47. The number of rotatable bonds is 6. The van der Waals surface area contributed by atoms with E-state index in [1.165, 1.54) is 12.4 Å². The quantitative estimate of drug-likeness (QED) is 0.714. The van der Waals surface area contributed by atoms with E-state index in [-0.39, 0.29) is 5.92 Å². The maximum Gasteiger partial charge on any atom is 0.341 e. The third-order valence-corrected chi connectivity index (χ3v) is 4.37. The number of hydrogen-bond acceptors (Lipinski definition) is 3. The van der Waals surface area contributed by atoms with Crippen LogP contribution in [0.3, 0.4) is 0 Å². The smallest absolute Gasteiger partial charge is 0.341 e. The van der Waals surface area contributed by atoms with Gasteiger partial charge in [-0.05, 0) is 17.5 Å². The van der Waals surface area contributed by atoms with Crippen LogP contribution in [0.15, 0.2) is 77.9 Å². The Balaban J connectivity index is 1.90. The summed E-state index contributed by atoms with van der Waals surface area (Å²) in [6, 6.07) is 20.1. The lowest BCUT2D eigenvalue weighted by molar-refractivity contribution is 0.0693. The van der Waals surface area contributed by atoms with Gasteiger partial charge in [-0.15, -0.1) is 0 Å². The zero-order valence-electron chi connectivity index (χ0n) is 14.1. The first kappa shape index (κ1) is 17.5. The fraction of sp³-hybridized carbons (Fsp3) is 0.143. The Labute approximate surface area is 150 Å². The molecule has 0 spiro atoms. The van der Waals surface area contributed by atoms with E-state index in [1.807, 2.05) is 36.4 Å². The van der Waals surface area contributed by atoms with Gasteiger partial charge in [0.15, 0.2) is 5.75 Å². The SMILES string of the molecule is O=C(O)c1cn(CCC(c2ccccc2)c2ccccc2)cc(O)c1=O. The highest BCUT2D eigenvalue weighted by Crippen LogP contribution is 2.28. The molecule has 132 valence electrons. The highest BCUT2D eigenvalue weighted by Gasteiger charge is 2.16. The van der Waals surface area contributed by atoms with Crippen LogP contribution in [0.2, 0.25) is 0 Å². The van der Waals surface area contributed by atoms with Gasteiger partial charge < -0.3 is 14.8 Å². The molecule has 0 atom stereocenters. The van der Waals surface area contributed by atoms with Crippen LogP contribution in [-0.2, 0) is 6.54 Å². The molecular formula is C21H19NO4. The second-order valence-electron chi connectivity index (χ2n) is 6.09. The van der Waals surface area contributed by atoms with Gasteiger partial charge in [0, 0.05) is 24.9 Å². The molecule has 26 heavy (non-hydrogen) atoms. The number of pyridine rings is 1. The predicted molar refractivity (Wildman–Crippen MR) is 98.7 cm³/mol. The van der Waals surface area contributed by atoms with E-state index < -0.39 is 22.7 Å². The molecule has 0 amide bonds. The fourth-order valence-electron chi connectivity index (χ4n) is 3.07. The molecule has 0 aliphatic heterocycles. The van der Waals surface area contributed by atoms with E-state index in [9.17, 15) is 14.7 Å². The van der Waals surface area contributed by atoms with E-state index in [2.05, 4.69) is 24.3 Å². The van der Waals surface area contributed by atoms with Crippen molar-refractivity contribution >= 4 is 5.97 Å². The summed E-state index contributed by atoms with van der Waals surface area (Å²) in [5.74, 6) is -1.78. The van der Waals surface area contributed by atoms with E-state index in [4.69, 9.17) is 5.11 Å². The molecule has 0 aliphatic rings. The van der Waals surface area contributed by atoms with E-state index in [0.29, 0.717) is 13.0 Å². The second-order valence-corrected chi connectivity index (χ2v) is 6.09. The molecular weight excluding hydrogens is 330 g/mol. The van der Waals surface area contributed by atoms with Gasteiger partial charge in [0.25, 0.3) is 0 Å². The Morgan fingerprint density at radius 3 is 1.96 bits per heavy atom. The number of aromatic hydroxyl groups is 1. The average Bonchev–Trinajstić information content (AvgIpc) is 2.66.